The number of hydrogen-bond acceptors (Lipinski definition) is 5. The Labute approximate surface area is 80.1 Å². The fourth-order valence-electron chi connectivity index (χ4n) is 1.12. The van der Waals surface area contributed by atoms with Crippen LogP contribution in [0, 0.1) is 0 Å². The van der Waals surface area contributed by atoms with Crippen molar-refractivity contribution < 1.29 is 23.7 Å². The molecular weight excluding hydrogens is 188 g/mol. The summed E-state index contributed by atoms with van der Waals surface area (Å²) in [5, 5.41) is 0. The Hall–Kier alpha value is -1.91. The van der Waals surface area contributed by atoms with Crippen LogP contribution in [-0.2, 0) is 4.74 Å². The van der Waals surface area contributed by atoms with Gasteiger partial charge >= 0.3 is 6.16 Å². The first-order valence-corrected chi connectivity index (χ1v) is 3.95. The first kappa shape index (κ1) is 8.68. The van der Waals surface area contributed by atoms with E-state index in [1.165, 1.54) is 7.11 Å². The third kappa shape index (κ3) is 1.44. The van der Waals surface area contributed by atoms with Gasteiger partial charge in [-0.3, -0.25) is 0 Å². The van der Waals surface area contributed by atoms with Crippen molar-refractivity contribution in [3.8, 4) is 17.2 Å². The molecule has 0 unspecified atom stereocenters. The standard InChI is InChI=1S/C9H8O5/c1-11-9(10)14-7-4-2-3-6-8(7)13-5-12-6/h2-4H,5H2,1H3. The summed E-state index contributed by atoms with van der Waals surface area (Å²) < 4.78 is 19.4. The molecule has 5 heteroatoms. The lowest BCUT2D eigenvalue weighted by Crippen LogP contribution is -2.07. The number of methoxy groups -OCH3 is 1. The molecule has 74 valence electrons. The van der Waals surface area contributed by atoms with Gasteiger partial charge in [-0.05, 0) is 12.1 Å². The predicted octanol–water partition coefficient (Wildman–Crippen LogP) is 1.56. The summed E-state index contributed by atoms with van der Waals surface area (Å²) in [6.07, 6.45) is -0.783. The number of hydrogen-bond donors (Lipinski definition) is 0. The first-order chi connectivity index (χ1) is 6.81. The summed E-state index contributed by atoms with van der Waals surface area (Å²) >= 11 is 0. The van der Waals surface area contributed by atoms with E-state index in [-0.39, 0.29) is 6.79 Å². The molecule has 2 rings (SSSR count). The van der Waals surface area contributed by atoms with Crippen LogP contribution in [0.4, 0.5) is 4.79 Å². The van der Waals surface area contributed by atoms with E-state index in [1.54, 1.807) is 18.2 Å². The van der Waals surface area contributed by atoms with Gasteiger partial charge in [0, 0.05) is 0 Å². The lowest BCUT2D eigenvalue weighted by molar-refractivity contribution is 0.118. The Morgan fingerprint density at radius 2 is 2.29 bits per heavy atom. The zero-order valence-corrected chi connectivity index (χ0v) is 7.48. The maximum atomic E-state index is 10.8. The zero-order valence-electron chi connectivity index (χ0n) is 7.48. The number of carbonyl (C=O) groups excluding carboxylic acids is 1. The molecule has 1 aliphatic rings. The van der Waals surface area contributed by atoms with Crippen molar-refractivity contribution in [2.45, 2.75) is 0 Å². The highest BCUT2D eigenvalue weighted by Gasteiger charge is 2.20. The van der Waals surface area contributed by atoms with Crippen LogP contribution in [0.3, 0.4) is 0 Å². The van der Waals surface area contributed by atoms with E-state index >= 15 is 0 Å². The van der Waals surface area contributed by atoms with Crippen molar-refractivity contribution in [2.24, 2.45) is 0 Å². The molecule has 1 aromatic carbocycles. The summed E-state index contributed by atoms with van der Waals surface area (Å²) in [6, 6.07) is 5.03. The second-order valence-corrected chi connectivity index (χ2v) is 2.55. The molecule has 0 saturated carbocycles. The predicted molar refractivity (Wildman–Crippen MR) is 45.6 cm³/mol. The summed E-state index contributed by atoms with van der Waals surface area (Å²) in [4.78, 5) is 10.8. The average molecular weight is 196 g/mol. The Kier molecular flexibility index (Phi) is 2.14. The molecule has 0 aliphatic carbocycles. The van der Waals surface area contributed by atoms with E-state index in [0.29, 0.717) is 17.2 Å². The number of ether oxygens (including phenoxy) is 4. The molecule has 0 saturated heterocycles. The minimum absolute atomic E-state index is 0.136. The molecule has 14 heavy (non-hydrogen) atoms. The van der Waals surface area contributed by atoms with Gasteiger partial charge in [-0.2, -0.15) is 0 Å². The summed E-state index contributed by atoms with van der Waals surface area (Å²) in [5.41, 5.74) is 0. The minimum Gasteiger partial charge on any atom is -0.453 e. The van der Waals surface area contributed by atoms with Gasteiger partial charge in [-0.1, -0.05) is 6.07 Å². The van der Waals surface area contributed by atoms with Gasteiger partial charge in [0.15, 0.2) is 11.5 Å². The highest BCUT2D eigenvalue weighted by atomic mass is 16.7. The maximum absolute atomic E-state index is 10.8. The van der Waals surface area contributed by atoms with Crippen LogP contribution < -0.4 is 14.2 Å². The van der Waals surface area contributed by atoms with Gasteiger partial charge in [0.25, 0.3) is 0 Å². The van der Waals surface area contributed by atoms with Crippen LogP contribution in [-0.4, -0.2) is 20.1 Å². The molecule has 0 spiro atoms. The largest absolute Gasteiger partial charge is 0.513 e. The van der Waals surface area contributed by atoms with Gasteiger partial charge in [0.2, 0.25) is 12.5 Å². The second kappa shape index (κ2) is 3.45. The minimum atomic E-state index is -0.783. The second-order valence-electron chi connectivity index (χ2n) is 2.55. The summed E-state index contributed by atoms with van der Waals surface area (Å²) in [5.74, 6) is 1.29. The lowest BCUT2D eigenvalue weighted by Gasteiger charge is -2.04. The molecule has 5 nitrogen and oxygen atoms in total. The topological polar surface area (TPSA) is 54.0 Å². The van der Waals surface area contributed by atoms with E-state index in [1.807, 2.05) is 0 Å². The van der Waals surface area contributed by atoms with Crippen molar-refractivity contribution in [3.63, 3.8) is 0 Å². The van der Waals surface area contributed by atoms with Gasteiger partial charge in [0.05, 0.1) is 7.11 Å². The Morgan fingerprint density at radius 1 is 1.43 bits per heavy atom. The lowest BCUT2D eigenvalue weighted by atomic mass is 10.3. The summed E-state index contributed by atoms with van der Waals surface area (Å²) in [6.45, 7) is 0.136. The van der Waals surface area contributed by atoms with Gasteiger partial charge in [-0.25, -0.2) is 4.79 Å². The quantitative estimate of drug-likeness (QED) is 0.504. The van der Waals surface area contributed by atoms with E-state index < -0.39 is 6.16 Å². The van der Waals surface area contributed by atoms with Crippen LogP contribution in [0.15, 0.2) is 18.2 Å². The highest BCUT2D eigenvalue weighted by molar-refractivity contribution is 5.66. The van der Waals surface area contributed by atoms with Crippen LogP contribution in [0.25, 0.3) is 0 Å². The normalized spacial score (nSPS) is 12.4. The van der Waals surface area contributed by atoms with Crippen molar-refractivity contribution in [1.29, 1.82) is 0 Å². The van der Waals surface area contributed by atoms with Crippen LogP contribution in [0.1, 0.15) is 0 Å². The molecule has 0 atom stereocenters. The molecular formula is C9H8O5. The molecule has 0 amide bonds. The number of fused-ring (bicyclic) bond motifs is 1. The van der Waals surface area contributed by atoms with Crippen molar-refractivity contribution in [3.05, 3.63) is 18.2 Å². The Bertz CT molecular complexity index is 360. The van der Waals surface area contributed by atoms with E-state index in [0.717, 1.165) is 0 Å². The fraction of sp³-hybridized carbons (Fsp3) is 0.222. The molecule has 0 radical (unpaired) electrons. The Balaban J connectivity index is 2.26. The molecule has 1 aliphatic heterocycles. The molecule has 1 aromatic rings. The van der Waals surface area contributed by atoms with Crippen molar-refractivity contribution in [1.82, 2.24) is 0 Å². The summed E-state index contributed by atoms with van der Waals surface area (Å²) in [7, 11) is 1.24. The molecule has 1 heterocycles. The number of para-hydroxylation sites is 1. The van der Waals surface area contributed by atoms with E-state index in [4.69, 9.17) is 14.2 Å². The van der Waals surface area contributed by atoms with Gasteiger partial charge < -0.3 is 18.9 Å². The molecule has 0 bridgehead atoms. The van der Waals surface area contributed by atoms with Crippen molar-refractivity contribution >= 4 is 6.16 Å². The number of carbonyl (C=O) groups is 1. The van der Waals surface area contributed by atoms with Crippen LogP contribution in [0.2, 0.25) is 0 Å². The third-order valence-corrected chi connectivity index (χ3v) is 1.72. The first-order valence-electron chi connectivity index (χ1n) is 3.95. The monoisotopic (exact) mass is 196 g/mol. The SMILES string of the molecule is COC(=O)Oc1cccc2c1OCO2. The zero-order chi connectivity index (χ0) is 9.97. The van der Waals surface area contributed by atoms with Gasteiger partial charge in [-0.15, -0.1) is 0 Å². The molecule has 0 aromatic heterocycles. The molecule has 0 fully saturated rings. The fourth-order valence-corrected chi connectivity index (χ4v) is 1.12. The number of rotatable bonds is 1. The van der Waals surface area contributed by atoms with E-state index in [2.05, 4.69) is 4.74 Å². The third-order valence-electron chi connectivity index (χ3n) is 1.72. The van der Waals surface area contributed by atoms with Crippen molar-refractivity contribution in [2.75, 3.05) is 13.9 Å². The highest BCUT2D eigenvalue weighted by Crippen LogP contribution is 2.40. The van der Waals surface area contributed by atoms with Gasteiger partial charge in [0.1, 0.15) is 0 Å². The Morgan fingerprint density at radius 3 is 3.07 bits per heavy atom. The van der Waals surface area contributed by atoms with Crippen LogP contribution >= 0.6 is 0 Å². The maximum Gasteiger partial charge on any atom is 0.513 e. The molecule has 0 N–H and O–H groups in total. The smallest absolute Gasteiger partial charge is 0.453 e. The van der Waals surface area contributed by atoms with E-state index in [9.17, 15) is 4.79 Å². The van der Waals surface area contributed by atoms with Crippen LogP contribution in [0.5, 0.6) is 17.2 Å². The average Bonchev–Trinajstić information content (AvgIpc) is 2.66. The number of benzene rings is 1.